The number of nitro benzene ring substituents is 1. The van der Waals surface area contributed by atoms with Crippen LogP contribution in [0.4, 0.5) is 5.69 Å². The summed E-state index contributed by atoms with van der Waals surface area (Å²) in [5.41, 5.74) is 3.25. The molecule has 0 saturated carbocycles. The van der Waals surface area contributed by atoms with E-state index in [1.165, 1.54) is 28.0 Å². The van der Waals surface area contributed by atoms with Crippen LogP contribution in [0.5, 0.6) is 11.5 Å². The highest BCUT2D eigenvalue weighted by Crippen LogP contribution is 2.29. The van der Waals surface area contributed by atoms with Crippen LogP contribution in [-0.2, 0) is 0 Å². The van der Waals surface area contributed by atoms with Gasteiger partial charge in [-0.2, -0.15) is 14.6 Å². The predicted octanol–water partition coefficient (Wildman–Crippen LogP) is 5.20. The summed E-state index contributed by atoms with van der Waals surface area (Å²) in [7, 11) is 1.57. The number of hydrogen-bond donors (Lipinski definition) is 0. The van der Waals surface area contributed by atoms with Crippen molar-refractivity contribution in [2.75, 3.05) is 13.7 Å². The van der Waals surface area contributed by atoms with Crippen LogP contribution in [0.1, 0.15) is 17.0 Å². The maximum atomic E-state index is 13.3. The van der Waals surface area contributed by atoms with E-state index >= 15 is 0 Å². The molecule has 0 atom stereocenters. The third kappa shape index (κ3) is 5.74. The van der Waals surface area contributed by atoms with Crippen LogP contribution < -0.4 is 19.6 Å². The zero-order chi connectivity index (χ0) is 30.6. The fraction of sp³-hybridized carbons (Fsp3) is 0.0625. The maximum absolute atomic E-state index is 13.3. The quantitative estimate of drug-likeness (QED) is 0.119. The van der Waals surface area contributed by atoms with Gasteiger partial charge in [0.15, 0.2) is 17.3 Å². The van der Waals surface area contributed by atoms with E-state index in [4.69, 9.17) is 14.6 Å². The molecule has 0 fully saturated rings. The summed E-state index contributed by atoms with van der Waals surface area (Å²) >= 11 is 1.21. The summed E-state index contributed by atoms with van der Waals surface area (Å²) in [6.45, 7) is 4.02. The molecule has 0 unspecified atom stereocenters. The highest BCUT2D eigenvalue weighted by Gasteiger charge is 2.15. The molecule has 11 nitrogen and oxygen atoms in total. The summed E-state index contributed by atoms with van der Waals surface area (Å²) in [6.07, 6.45) is 8.76. The molecular weight excluding hydrogens is 580 g/mol. The molecule has 0 spiro atoms. The molecule has 6 aromatic rings. The molecule has 3 aromatic heterocycles. The first-order valence-electron chi connectivity index (χ1n) is 13.3. The van der Waals surface area contributed by atoms with Gasteiger partial charge in [-0.05, 0) is 54.1 Å². The van der Waals surface area contributed by atoms with Crippen LogP contribution in [-0.4, -0.2) is 43.0 Å². The molecule has 6 rings (SSSR count). The average molecular weight is 605 g/mol. The van der Waals surface area contributed by atoms with Crippen molar-refractivity contribution < 1.29 is 14.4 Å². The largest absolute Gasteiger partial charge is 0.493 e. The maximum Gasteiger partial charge on any atom is 0.291 e. The van der Waals surface area contributed by atoms with Crippen molar-refractivity contribution in [3.05, 3.63) is 134 Å². The lowest BCUT2D eigenvalue weighted by atomic mass is 10.1. The van der Waals surface area contributed by atoms with Crippen molar-refractivity contribution in [3.63, 3.8) is 0 Å². The molecule has 0 bridgehead atoms. The molecular formula is C32H24N6O5S. The normalized spacial score (nSPS) is 11.8. The topological polar surface area (TPSA) is 127 Å². The number of rotatable bonds is 10. The first-order valence-corrected chi connectivity index (χ1v) is 14.2. The zero-order valence-electron chi connectivity index (χ0n) is 23.4. The molecule has 0 amide bonds. The van der Waals surface area contributed by atoms with Crippen LogP contribution >= 0.6 is 11.3 Å². The minimum atomic E-state index is -0.450. The van der Waals surface area contributed by atoms with Crippen molar-refractivity contribution >= 4 is 40.2 Å². The molecule has 0 aliphatic rings. The fourth-order valence-corrected chi connectivity index (χ4v) is 5.36. The van der Waals surface area contributed by atoms with E-state index in [1.807, 2.05) is 60.8 Å². The summed E-state index contributed by atoms with van der Waals surface area (Å²) in [6, 6.07) is 21.2. The Kier molecular flexibility index (Phi) is 7.80. The van der Waals surface area contributed by atoms with Crippen LogP contribution in [0.25, 0.3) is 40.1 Å². The number of ether oxygens (including phenoxy) is 2. The second-order valence-electron chi connectivity index (χ2n) is 9.44. The molecule has 0 aliphatic carbocycles. The molecule has 0 N–H and O–H groups in total. The SMILES string of the molecule is C=CCOc1ccc(/C=C/c2nc3s/c(=C\c4cn(-c5ccccc5)nc4-c4ccc([N+](=O)[O-])cc4)c(=O)n3n2)cc1OC. The third-order valence-electron chi connectivity index (χ3n) is 6.57. The molecule has 3 aromatic carbocycles. The molecule has 44 heavy (non-hydrogen) atoms. The molecule has 0 saturated heterocycles. The molecule has 12 heteroatoms. The summed E-state index contributed by atoms with van der Waals surface area (Å²) < 4.78 is 14.4. The van der Waals surface area contributed by atoms with Crippen LogP contribution in [0.15, 0.2) is 96.4 Å². The van der Waals surface area contributed by atoms with Gasteiger partial charge in [-0.1, -0.05) is 54.3 Å². The van der Waals surface area contributed by atoms with Gasteiger partial charge in [-0.25, -0.2) is 4.68 Å². The Hall–Kier alpha value is -5.88. The van der Waals surface area contributed by atoms with Crippen molar-refractivity contribution in [3.8, 4) is 28.4 Å². The van der Waals surface area contributed by atoms with E-state index in [0.717, 1.165) is 11.3 Å². The predicted molar refractivity (Wildman–Crippen MR) is 169 cm³/mol. The Balaban J connectivity index is 1.34. The lowest BCUT2D eigenvalue weighted by molar-refractivity contribution is -0.384. The number of nitrogens with zero attached hydrogens (tertiary/aromatic N) is 6. The number of aromatic nitrogens is 5. The highest BCUT2D eigenvalue weighted by molar-refractivity contribution is 7.15. The second-order valence-corrected chi connectivity index (χ2v) is 10.4. The first kappa shape index (κ1) is 28.2. The Morgan fingerprint density at radius 1 is 1.02 bits per heavy atom. The zero-order valence-corrected chi connectivity index (χ0v) is 24.2. The van der Waals surface area contributed by atoms with Gasteiger partial charge >= 0.3 is 0 Å². The first-order chi connectivity index (χ1) is 21.4. The van der Waals surface area contributed by atoms with Gasteiger partial charge in [0, 0.05) is 29.5 Å². The van der Waals surface area contributed by atoms with Crippen LogP contribution in [0, 0.1) is 10.1 Å². The molecule has 3 heterocycles. The van der Waals surface area contributed by atoms with Gasteiger partial charge in [0.2, 0.25) is 4.96 Å². The summed E-state index contributed by atoms with van der Waals surface area (Å²) in [5.74, 6) is 1.57. The number of thiazole rings is 1. The average Bonchev–Trinajstić information content (AvgIpc) is 3.74. The minimum absolute atomic E-state index is 0.0206. The smallest absolute Gasteiger partial charge is 0.291 e. The van der Waals surface area contributed by atoms with Gasteiger partial charge in [0.25, 0.3) is 11.2 Å². The van der Waals surface area contributed by atoms with Gasteiger partial charge in [0.05, 0.1) is 22.3 Å². The van der Waals surface area contributed by atoms with Gasteiger partial charge in [-0.3, -0.25) is 14.9 Å². The lowest BCUT2D eigenvalue weighted by Crippen LogP contribution is -2.23. The molecule has 218 valence electrons. The van der Waals surface area contributed by atoms with Crippen molar-refractivity contribution in [2.45, 2.75) is 0 Å². The van der Waals surface area contributed by atoms with E-state index in [9.17, 15) is 14.9 Å². The molecule has 0 aliphatic heterocycles. The number of benzene rings is 3. The molecule has 0 radical (unpaired) electrons. The van der Waals surface area contributed by atoms with Crippen LogP contribution in [0.3, 0.4) is 0 Å². The van der Waals surface area contributed by atoms with Gasteiger partial charge < -0.3 is 9.47 Å². The minimum Gasteiger partial charge on any atom is -0.493 e. The Labute approximate surface area is 254 Å². The van der Waals surface area contributed by atoms with Crippen molar-refractivity contribution in [2.24, 2.45) is 0 Å². The third-order valence-corrected chi connectivity index (χ3v) is 7.53. The number of fused-ring (bicyclic) bond motifs is 1. The van der Waals surface area contributed by atoms with E-state index < -0.39 is 4.92 Å². The number of hydrogen-bond acceptors (Lipinski definition) is 9. The standard InChI is InChI=1S/C32H24N6O5S/c1-3-17-43-26-15-9-21(18-27(26)42-2)10-16-29-33-32-37(34-29)31(39)28(44-32)19-23-20-36(24-7-5-4-6-8-24)35-30(23)22-11-13-25(14-12-22)38(40)41/h3-16,18-20H,1,17H2,2H3/b16-10+,28-19-. The van der Waals surface area contributed by atoms with Crippen molar-refractivity contribution in [1.82, 2.24) is 24.4 Å². The van der Waals surface area contributed by atoms with E-state index in [2.05, 4.69) is 16.7 Å². The lowest BCUT2D eigenvalue weighted by Gasteiger charge is -2.09. The number of non-ortho nitro benzene ring substituents is 1. The summed E-state index contributed by atoms with van der Waals surface area (Å²) in [4.78, 5) is 29.0. The van der Waals surface area contributed by atoms with Gasteiger partial charge in [-0.15, -0.1) is 5.10 Å². The highest BCUT2D eigenvalue weighted by atomic mass is 32.1. The number of methoxy groups -OCH3 is 1. The second kappa shape index (κ2) is 12.2. The number of nitro groups is 1. The Morgan fingerprint density at radius 3 is 2.52 bits per heavy atom. The van der Waals surface area contributed by atoms with Crippen LogP contribution in [0.2, 0.25) is 0 Å². The van der Waals surface area contributed by atoms with E-state index in [0.29, 0.717) is 50.2 Å². The van der Waals surface area contributed by atoms with E-state index in [-0.39, 0.29) is 11.2 Å². The Morgan fingerprint density at radius 2 is 1.82 bits per heavy atom. The Bertz CT molecular complexity index is 2130. The van der Waals surface area contributed by atoms with Crippen molar-refractivity contribution in [1.29, 1.82) is 0 Å². The van der Waals surface area contributed by atoms with E-state index in [1.54, 1.807) is 42.2 Å². The van der Waals surface area contributed by atoms with Gasteiger partial charge in [0.1, 0.15) is 12.3 Å². The monoisotopic (exact) mass is 604 g/mol. The number of para-hydroxylation sites is 1. The summed E-state index contributed by atoms with van der Waals surface area (Å²) in [5, 5.41) is 20.3. The fourth-order valence-electron chi connectivity index (χ4n) is 4.46.